The molecule has 5 rings (SSSR count). The van der Waals surface area contributed by atoms with Crippen molar-refractivity contribution in [1.82, 2.24) is 19.9 Å². The summed E-state index contributed by atoms with van der Waals surface area (Å²) in [6, 6.07) is 13.1. The molecular weight excluding hydrogens is 528 g/mol. The first-order chi connectivity index (χ1) is 18.3. The van der Waals surface area contributed by atoms with E-state index in [1.165, 1.54) is 18.4 Å². The predicted molar refractivity (Wildman–Crippen MR) is 146 cm³/mol. The van der Waals surface area contributed by atoms with Gasteiger partial charge in [0.05, 0.1) is 22.9 Å². The van der Waals surface area contributed by atoms with Gasteiger partial charge in [-0.2, -0.15) is 0 Å². The van der Waals surface area contributed by atoms with Gasteiger partial charge in [-0.05, 0) is 63.1 Å². The topological polar surface area (TPSA) is 98.8 Å². The van der Waals surface area contributed by atoms with Gasteiger partial charge in [0, 0.05) is 42.1 Å². The average Bonchev–Trinajstić information content (AvgIpc) is 3.63. The Morgan fingerprint density at radius 1 is 1.18 bits per heavy atom. The Morgan fingerprint density at radius 2 is 1.97 bits per heavy atom. The van der Waals surface area contributed by atoms with E-state index in [1.807, 2.05) is 28.8 Å². The molecule has 38 heavy (non-hydrogen) atoms. The number of hydrogen-bond acceptors (Lipinski definition) is 8. The van der Waals surface area contributed by atoms with Crippen LogP contribution in [0.5, 0.6) is 5.75 Å². The summed E-state index contributed by atoms with van der Waals surface area (Å²) in [6.07, 6.45) is 0.993. The zero-order chi connectivity index (χ0) is 26.8. The molecule has 4 aromatic rings. The summed E-state index contributed by atoms with van der Waals surface area (Å²) in [5.74, 6) is 0.784. The van der Waals surface area contributed by atoms with E-state index in [0.29, 0.717) is 39.8 Å². The zero-order valence-electron chi connectivity index (χ0n) is 21.4. The van der Waals surface area contributed by atoms with Crippen LogP contribution >= 0.6 is 22.9 Å². The van der Waals surface area contributed by atoms with Gasteiger partial charge in [-0.25, -0.2) is 4.79 Å². The highest BCUT2D eigenvalue weighted by Gasteiger charge is 2.25. The molecule has 0 bridgehead atoms. The number of likely N-dealkylation sites (tertiary alicyclic amines) is 1. The van der Waals surface area contributed by atoms with E-state index in [-0.39, 0.29) is 11.9 Å². The number of halogens is 1. The molecule has 0 unspecified atom stereocenters. The first kappa shape index (κ1) is 26.3. The molecule has 11 heteroatoms. The molecule has 0 aliphatic carbocycles. The first-order valence-corrected chi connectivity index (χ1v) is 13.7. The standard InChI is InChI=1S/C27H29ClN4O5S/c1-16(2)31-10-8-18(9-11-31)29-26(33)22-13-17-12-20(36-27(34)35-3)4-5-21(17)32(22)15-19-14-23(37-30-19)24-6-7-25(28)38-24/h4-7,12-14,16,18H,8-11,15H2,1-3H3,(H,29,33). The Labute approximate surface area is 229 Å². The van der Waals surface area contributed by atoms with Gasteiger partial charge in [0.15, 0.2) is 5.76 Å². The van der Waals surface area contributed by atoms with Crippen molar-refractivity contribution in [2.45, 2.75) is 45.3 Å². The number of ether oxygens (including phenoxy) is 2. The van der Waals surface area contributed by atoms with E-state index in [9.17, 15) is 9.59 Å². The van der Waals surface area contributed by atoms with Crippen LogP contribution in [-0.2, 0) is 11.3 Å². The summed E-state index contributed by atoms with van der Waals surface area (Å²) in [4.78, 5) is 28.4. The Kier molecular flexibility index (Phi) is 7.73. The second-order valence-electron chi connectivity index (χ2n) is 9.56. The molecular formula is C27H29ClN4O5S. The Balaban J connectivity index is 1.43. The van der Waals surface area contributed by atoms with Crippen LogP contribution in [0.3, 0.4) is 0 Å². The van der Waals surface area contributed by atoms with Gasteiger partial charge in [0.25, 0.3) is 5.91 Å². The molecule has 0 saturated carbocycles. The summed E-state index contributed by atoms with van der Waals surface area (Å²) < 4.78 is 17.9. The fourth-order valence-corrected chi connectivity index (χ4v) is 5.73. The molecule has 1 aromatic carbocycles. The molecule has 0 atom stereocenters. The van der Waals surface area contributed by atoms with E-state index in [0.717, 1.165) is 41.7 Å². The third-order valence-electron chi connectivity index (χ3n) is 6.76. The fourth-order valence-electron chi connectivity index (χ4n) is 4.74. The van der Waals surface area contributed by atoms with Gasteiger partial charge in [-0.3, -0.25) is 4.79 Å². The molecule has 0 spiro atoms. The maximum Gasteiger partial charge on any atom is 0.513 e. The lowest BCUT2D eigenvalue weighted by Crippen LogP contribution is -2.46. The molecule has 4 heterocycles. The largest absolute Gasteiger partial charge is 0.513 e. The molecule has 0 radical (unpaired) electrons. The van der Waals surface area contributed by atoms with E-state index in [1.54, 1.807) is 18.2 Å². The van der Waals surface area contributed by atoms with Crippen molar-refractivity contribution in [2.24, 2.45) is 0 Å². The highest BCUT2D eigenvalue weighted by Crippen LogP contribution is 2.32. The maximum absolute atomic E-state index is 13.5. The van der Waals surface area contributed by atoms with Crippen LogP contribution in [0.15, 0.2) is 47.0 Å². The fraction of sp³-hybridized carbons (Fsp3) is 0.370. The van der Waals surface area contributed by atoms with Crippen LogP contribution in [0, 0.1) is 0 Å². The van der Waals surface area contributed by atoms with Crippen molar-refractivity contribution >= 4 is 45.9 Å². The summed E-state index contributed by atoms with van der Waals surface area (Å²) >= 11 is 7.48. The quantitative estimate of drug-likeness (QED) is 0.226. The summed E-state index contributed by atoms with van der Waals surface area (Å²) in [5, 5.41) is 8.21. The van der Waals surface area contributed by atoms with Crippen molar-refractivity contribution in [3.63, 3.8) is 0 Å². The predicted octanol–water partition coefficient (Wildman–Crippen LogP) is 5.81. The van der Waals surface area contributed by atoms with Crippen LogP contribution in [0.25, 0.3) is 21.5 Å². The number of piperidine rings is 1. The summed E-state index contributed by atoms with van der Waals surface area (Å²) in [7, 11) is 1.25. The smallest absolute Gasteiger partial charge is 0.437 e. The van der Waals surface area contributed by atoms with Crippen LogP contribution in [-0.4, -0.2) is 59.0 Å². The molecule has 3 aromatic heterocycles. The van der Waals surface area contributed by atoms with Crippen molar-refractivity contribution < 1.29 is 23.6 Å². The van der Waals surface area contributed by atoms with E-state index in [4.69, 9.17) is 20.9 Å². The Hall–Kier alpha value is -3.34. The molecule has 1 amide bonds. The first-order valence-electron chi connectivity index (χ1n) is 12.5. The molecule has 1 N–H and O–H groups in total. The van der Waals surface area contributed by atoms with Gasteiger partial charge in [0.2, 0.25) is 0 Å². The third-order valence-corrected chi connectivity index (χ3v) is 8.01. The zero-order valence-corrected chi connectivity index (χ0v) is 23.0. The van der Waals surface area contributed by atoms with Gasteiger partial charge in [0.1, 0.15) is 17.1 Å². The lowest BCUT2D eigenvalue weighted by molar-refractivity contribution is 0.0892. The minimum absolute atomic E-state index is 0.101. The Bertz CT molecular complexity index is 1450. The van der Waals surface area contributed by atoms with E-state index < -0.39 is 6.16 Å². The molecule has 9 nitrogen and oxygen atoms in total. The second-order valence-corrected chi connectivity index (χ2v) is 11.3. The van der Waals surface area contributed by atoms with Gasteiger partial charge in [-0.1, -0.05) is 16.8 Å². The van der Waals surface area contributed by atoms with Crippen LogP contribution in [0.1, 0.15) is 42.9 Å². The van der Waals surface area contributed by atoms with Gasteiger partial charge >= 0.3 is 6.16 Å². The van der Waals surface area contributed by atoms with Gasteiger partial charge in [-0.15, -0.1) is 11.3 Å². The number of rotatable bonds is 7. The number of nitrogens with zero attached hydrogens (tertiary/aromatic N) is 3. The van der Waals surface area contributed by atoms with Crippen molar-refractivity contribution in [3.05, 3.63) is 58.2 Å². The number of carbonyl (C=O) groups is 2. The minimum atomic E-state index is -0.807. The number of amides is 1. The van der Waals surface area contributed by atoms with Gasteiger partial charge < -0.3 is 28.8 Å². The second kappa shape index (κ2) is 11.2. The molecule has 1 fully saturated rings. The SMILES string of the molecule is COC(=O)Oc1ccc2c(c1)cc(C(=O)NC1CCN(C(C)C)CC1)n2Cc1cc(-c2ccc(Cl)s2)on1. The number of nitrogens with one attached hydrogen (secondary N) is 1. The summed E-state index contributed by atoms with van der Waals surface area (Å²) in [5.41, 5.74) is 1.95. The highest BCUT2D eigenvalue weighted by molar-refractivity contribution is 7.19. The van der Waals surface area contributed by atoms with Crippen LogP contribution in [0.2, 0.25) is 4.34 Å². The van der Waals surface area contributed by atoms with Crippen molar-refractivity contribution in [3.8, 4) is 16.4 Å². The monoisotopic (exact) mass is 556 g/mol. The highest BCUT2D eigenvalue weighted by atomic mass is 35.5. The van der Waals surface area contributed by atoms with Crippen LogP contribution < -0.4 is 10.1 Å². The average molecular weight is 557 g/mol. The number of thiophene rings is 1. The number of aromatic nitrogens is 2. The lowest BCUT2D eigenvalue weighted by Gasteiger charge is -2.34. The summed E-state index contributed by atoms with van der Waals surface area (Å²) in [6.45, 7) is 6.61. The number of fused-ring (bicyclic) bond motifs is 1. The number of carbonyl (C=O) groups excluding carboxylic acids is 2. The molecule has 1 aliphatic rings. The lowest BCUT2D eigenvalue weighted by atomic mass is 10.0. The van der Waals surface area contributed by atoms with Crippen molar-refractivity contribution in [1.29, 1.82) is 0 Å². The molecule has 200 valence electrons. The molecule has 1 saturated heterocycles. The molecule has 1 aliphatic heterocycles. The normalized spacial score (nSPS) is 14.8. The van der Waals surface area contributed by atoms with Crippen molar-refractivity contribution in [2.75, 3.05) is 20.2 Å². The number of benzene rings is 1. The minimum Gasteiger partial charge on any atom is -0.437 e. The Morgan fingerprint density at radius 3 is 2.66 bits per heavy atom. The van der Waals surface area contributed by atoms with E-state index in [2.05, 4.69) is 34.0 Å². The third kappa shape index (κ3) is 5.72. The number of hydrogen-bond donors (Lipinski definition) is 1. The number of methoxy groups -OCH3 is 1. The van der Waals surface area contributed by atoms with E-state index >= 15 is 0 Å². The maximum atomic E-state index is 13.5. The van der Waals surface area contributed by atoms with Crippen LogP contribution in [0.4, 0.5) is 4.79 Å².